The van der Waals surface area contributed by atoms with E-state index >= 15 is 0 Å². The molecule has 1 aromatic carbocycles. The third kappa shape index (κ3) is 5.30. The van der Waals surface area contributed by atoms with Gasteiger partial charge >= 0.3 is 5.97 Å². The number of aromatic nitrogens is 1. The number of nitrogens with zero attached hydrogens (tertiary/aromatic N) is 2. The van der Waals surface area contributed by atoms with Crippen LogP contribution >= 0.6 is 0 Å². The van der Waals surface area contributed by atoms with Crippen LogP contribution in [0.15, 0.2) is 61.4 Å². The second kappa shape index (κ2) is 8.96. The van der Waals surface area contributed by atoms with Crippen LogP contribution in [-0.2, 0) is 17.8 Å². The fraction of sp³-hybridized carbons (Fsp3) is 0.263. The van der Waals surface area contributed by atoms with Crippen molar-refractivity contribution in [3.05, 3.63) is 78.1 Å². The van der Waals surface area contributed by atoms with Crippen molar-refractivity contribution in [1.82, 2.24) is 9.88 Å². The number of hydrogen-bond acceptors (Lipinski definition) is 5. The number of pyridine rings is 1. The van der Waals surface area contributed by atoms with Crippen molar-refractivity contribution < 1.29 is 9.53 Å². The van der Waals surface area contributed by atoms with Gasteiger partial charge in [-0.3, -0.25) is 9.88 Å². The van der Waals surface area contributed by atoms with Crippen LogP contribution in [0.4, 0.5) is 0 Å². The van der Waals surface area contributed by atoms with Gasteiger partial charge in [-0.05, 0) is 29.3 Å². The van der Waals surface area contributed by atoms with E-state index in [0.717, 1.165) is 24.2 Å². The van der Waals surface area contributed by atoms with Gasteiger partial charge in [0.25, 0.3) is 0 Å². The highest BCUT2D eigenvalue weighted by molar-refractivity contribution is 5.89. The minimum Gasteiger partial charge on any atom is -0.465 e. The molecule has 24 heavy (non-hydrogen) atoms. The molecule has 2 N–H and O–H groups in total. The molecule has 1 atom stereocenters. The third-order valence-corrected chi connectivity index (χ3v) is 3.68. The molecule has 0 saturated heterocycles. The van der Waals surface area contributed by atoms with E-state index in [0.29, 0.717) is 12.1 Å². The van der Waals surface area contributed by atoms with E-state index in [1.807, 2.05) is 30.5 Å². The molecule has 5 heteroatoms. The molecule has 0 bridgehead atoms. The second-order valence-electron chi connectivity index (χ2n) is 5.62. The van der Waals surface area contributed by atoms with Gasteiger partial charge in [-0.25, -0.2) is 4.79 Å². The maximum absolute atomic E-state index is 11.5. The van der Waals surface area contributed by atoms with Crippen LogP contribution in [0.3, 0.4) is 0 Å². The Balaban J connectivity index is 2.09. The molecule has 0 fully saturated rings. The van der Waals surface area contributed by atoms with Gasteiger partial charge in [-0.15, -0.1) is 6.58 Å². The average molecular weight is 325 g/mol. The molecular formula is C19H23N3O2. The lowest BCUT2D eigenvalue weighted by molar-refractivity contribution is 0.0600. The summed E-state index contributed by atoms with van der Waals surface area (Å²) in [5.74, 6) is -0.331. The van der Waals surface area contributed by atoms with E-state index in [9.17, 15) is 4.79 Å². The molecule has 1 unspecified atom stereocenters. The SMILES string of the molecule is C=CC(N)CN(Cc1ccc(C(=O)OC)cc1)Cc1cccnc1. The van der Waals surface area contributed by atoms with Crippen LogP contribution in [0.1, 0.15) is 21.5 Å². The van der Waals surface area contributed by atoms with Crippen LogP contribution in [0.5, 0.6) is 0 Å². The van der Waals surface area contributed by atoms with Gasteiger partial charge < -0.3 is 10.5 Å². The minimum atomic E-state index is -0.331. The Morgan fingerprint density at radius 3 is 2.58 bits per heavy atom. The summed E-state index contributed by atoms with van der Waals surface area (Å²) in [6.45, 7) is 5.91. The highest BCUT2D eigenvalue weighted by Gasteiger charge is 2.11. The smallest absolute Gasteiger partial charge is 0.337 e. The number of esters is 1. The van der Waals surface area contributed by atoms with Crippen LogP contribution in [0.2, 0.25) is 0 Å². The highest BCUT2D eigenvalue weighted by Crippen LogP contribution is 2.12. The fourth-order valence-corrected chi connectivity index (χ4v) is 2.43. The quantitative estimate of drug-likeness (QED) is 0.596. The van der Waals surface area contributed by atoms with Gasteiger partial charge in [0.2, 0.25) is 0 Å². The third-order valence-electron chi connectivity index (χ3n) is 3.68. The largest absolute Gasteiger partial charge is 0.465 e. The van der Waals surface area contributed by atoms with Crippen LogP contribution in [0, 0.1) is 0 Å². The van der Waals surface area contributed by atoms with Gasteiger partial charge in [-0.1, -0.05) is 24.3 Å². The number of nitrogens with two attached hydrogens (primary N) is 1. The molecule has 0 spiro atoms. The maximum Gasteiger partial charge on any atom is 0.337 e. The molecule has 2 rings (SSSR count). The molecule has 0 aliphatic rings. The molecule has 126 valence electrons. The second-order valence-corrected chi connectivity index (χ2v) is 5.62. The summed E-state index contributed by atoms with van der Waals surface area (Å²) in [6.07, 6.45) is 5.36. The molecule has 5 nitrogen and oxygen atoms in total. The summed E-state index contributed by atoms with van der Waals surface area (Å²) in [5, 5.41) is 0. The predicted octanol–water partition coefficient (Wildman–Crippen LogP) is 2.38. The van der Waals surface area contributed by atoms with E-state index < -0.39 is 0 Å². The normalized spacial score (nSPS) is 12.0. The zero-order valence-corrected chi connectivity index (χ0v) is 13.9. The van der Waals surface area contributed by atoms with Crippen molar-refractivity contribution >= 4 is 5.97 Å². The summed E-state index contributed by atoms with van der Waals surface area (Å²) in [6, 6.07) is 11.3. The molecular weight excluding hydrogens is 302 g/mol. The number of carbonyl (C=O) groups is 1. The standard InChI is InChI=1S/C19H23N3O2/c1-3-18(20)14-22(13-16-5-4-10-21-11-16)12-15-6-8-17(9-7-15)19(23)24-2/h3-11,18H,1,12-14,20H2,2H3. The number of rotatable bonds is 8. The highest BCUT2D eigenvalue weighted by atomic mass is 16.5. The van der Waals surface area contributed by atoms with E-state index in [1.165, 1.54) is 7.11 Å². The number of carbonyl (C=O) groups excluding carboxylic acids is 1. The van der Waals surface area contributed by atoms with Crippen LogP contribution < -0.4 is 5.73 Å². The topological polar surface area (TPSA) is 68.5 Å². The molecule has 2 aromatic rings. The van der Waals surface area contributed by atoms with Crippen molar-refractivity contribution in [1.29, 1.82) is 0 Å². The Morgan fingerprint density at radius 2 is 2.00 bits per heavy atom. The summed E-state index contributed by atoms with van der Waals surface area (Å²) < 4.78 is 4.72. The average Bonchev–Trinajstić information content (AvgIpc) is 2.62. The van der Waals surface area contributed by atoms with E-state index in [4.69, 9.17) is 10.5 Å². The summed E-state index contributed by atoms with van der Waals surface area (Å²) >= 11 is 0. The van der Waals surface area contributed by atoms with Crippen molar-refractivity contribution in [2.45, 2.75) is 19.1 Å². The number of benzene rings is 1. The Kier molecular flexibility index (Phi) is 6.66. The zero-order chi connectivity index (χ0) is 17.4. The molecule has 0 aliphatic carbocycles. The first-order chi connectivity index (χ1) is 11.6. The van der Waals surface area contributed by atoms with Crippen molar-refractivity contribution in [3.63, 3.8) is 0 Å². The van der Waals surface area contributed by atoms with Crippen LogP contribution in [0.25, 0.3) is 0 Å². The number of hydrogen-bond donors (Lipinski definition) is 1. The molecule has 0 amide bonds. The molecule has 0 radical (unpaired) electrons. The Bertz CT molecular complexity index is 656. The minimum absolute atomic E-state index is 0.101. The molecule has 0 aliphatic heterocycles. The maximum atomic E-state index is 11.5. The Labute approximate surface area is 142 Å². The van der Waals surface area contributed by atoms with Gasteiger partial charge in [0.1, 0.15) is 0 Å². The van der Waals surface area contributed by atoms with Gasteiger partial charge in [-0.2, -0.15) is 0 Å². The fourth-order valence-electron chi connectivity index (χ4n) is 2.43. The van der Waals surface area contributed by atoms with E-state index in [-0.39, 0.29) is 12.0 Å². The van der Waals surface area contributed by atoms with Crippen molar-refractivity contribution in [2.24, 2.45) is 5.73 Å². The lowest BCUT2D eigenvalue weighted by Crippen LogP contribution is -2.35. The first-order valence-electron chi connectivity index (χ1n) is 7.79. The van der Waals surface area contributed by atoms with Gasteiger partial charge in [0, 0.05) is 38.1 Å². The zero-order valence-electron chi connectivity index (χ0n) is 13.9. The first kappa shape index (κ1) is 17.8. The molecule has 0 saturated carbocycles. The van der Waals surface area contributed by atoms with Crippen molar-refractivity contribution in [2.75, 3.05) is 13.7 Å². The number of methoxy groups -OCH3 is 1. The first-order valence-corrected chi connectivity index (χ1v) is 7.79. The molecule has 1 heterocycles. The Morgan fingerprint density at radius 1 is 1.29 bits per heavy atom. The summed E-state index contributed by atoms with van der Waals surface area (Å²) in [5.41, 5.74) is 8.80. The lowest BCUT2D eigenvalue weighted by Gasteiger charge is -2.24. The monoisotopic (exact) mass is 325 g/mol. The summed E-state index contributed by atoms with van der Waals surface area (Å²) in [4.78, 5) is 17.9. The van der Waals surface area contributed by atoms with Gasteiger partial charge in [0.05, 0.1) is 12.7 Å². The van der Waals surface area contributed by atoms with E-state index in [1.54, 1.807) is 24.4 Å². The summed E-state index contributed by atoms with van der Waals surface area (Å²) in [7, 11) is 1.38. The van der Waals surface area contributed by atoms with Gasteiger partial charge in [0.15, 0.2) is 0 Å². The lowest BCUT2D eigenvalue weighted by atomic mass is 10.1. The van der Waals surface area contributed by atoms with E-state index in [2.05, 4.69) is 16.5 Å². The predicted molar refractivity (Wildman–Crippen MR) is 94.3 cm³/mol. The van der Waals surface area contributed by atoms with Crippen molar-refractivity contribution in [3.8, 4) is 0 Å². The molecule has 1 aromatic heterocycles. The van der Waals surface area contributed by atoms with Crippen LogP contribution in [-0.4, -0.2) is 35.5 Å². The Hall–Kier alpha value is -2.50. The number of ether oxygens (including phenoxy) is 1.